The highest BCUT2D eigenvalue weighted by molar-refractivity contribution is 5.94. The van der Waals surface area contributed by atoms with Crippen molar-refractivity contribution in [2.75, 3.05) is 19.0 Å². The number of carboxylic acid groups (broad SMARTS) is 1. The van der Waals surface area contributed by atoms with Gasteiger partial charge in [-0.25, -0.2) is 4.79 Å². The van der Waals surface area contributed by atoms with Crippen molar-refractivity contribution < 1.29 is 19.0 Å². The van der Waals surface area contributed by atoms with Crippen LogP contribution in [0.25, 0.3) is 0 Å². The highest BCUT2D eigenvalue weighted by Gasteiger charge is 2.08. The topological polar surface area (TPSA) is 72.5 Å². The van der Waals surface area contributed by atoms with Gasteiger partial charge in [0.1, 0.15) is 5.75 Å². The van der Waals surface area contributed by atoms with Crippen LogP contribution in [0.15, 0.2) is 18.2 Å². The van der Waals surface area contributed by atoms with Crippen LogP contribution in [0.2, 0.25) is 0 Å². The summed E-state index contributed by atoms with van der Waals surface area (Å²) in [5.41, 5.74) is 5.62. The SMILES string of the molecule is Nc1ccc(OCCCF)cc1C(=O)O. The summed E-state index contributed by atoms with van der Waals surface area (Å²) >= 11 is 0. The molecule has 15 heavy (non-hydrogen) atoms. The molecule has 82 valence electrons. The van der Waals surface area contributed by atoms with Crippen LogP contribution < -0.4 is 10.5 Å². The van der Waals surface area contributed by atoms with E-state index in [1.807, 2.05) is 0 Å². The van der Waals surface area contributed by atoms with E-state index >= 15 is 0 Å². The van der Waals surface area contributed by atoms with Gasteiger partial charge in [-0.05, 0) is 18.2 Å². The van der Waals surface area contributed by atoms with Crippen molar-refractivity contribution in [2.45, 2.75) is 6.42 Å². The number of hydrogen-bond acceptors (Lipinski definition) is 3. The van der Waals surface area contributed by atoms with E-state index in [2.05, 4.69) is 0 Å². The lowest BCUT2D eigenvalue weighted by molar-refractivity contribution is 0.0697. The van der Waals surface area contributed by atoms with Crippen LogP contribution in [0.1, 0.15) is 16.8 Å². The maximum Gasteiger partial charge on any atom is 0.337 e. The van der Waals surface area contributed by atoms with Gasteiger partial charge < -0.3 is 15.6 Å². The van der Waals surface area contributed by atoms with Crippen LogP contribution in [0.5, 0.6) is 5.75 Å². The Bertz CT molecular complexity index is 355. The minimum absolute atomic E-state index is 0.00671. The number of ether oxygens (including phenoxy) is 1. The maximum absolute atomic E-state index is 11.8. The average Bonchev–Trinajstić information content (AvgIpc) is 2.20. The summed E-state index contributed by atoms with van der Waals surface area (Å²) in [6.45, 7) is -0.236. The fraction of sp³-hybridized carbons (Fsp3) is 0.300. The standard InChI is InChI=1S/C10H12FNO3/c11-4-1-5-15-7-2-3-9(12)8(6-7)10(13)14/h2-3,6H,1,4-5,12H2,(H,13,14). The van der Waals surface area contributed by atoms with Crippen molar-refractivity contribution >= 4 is 11.7 Å². The third-order valence-corrected chi connectivity index (χ3v) is 1.80. The number of aromatic carboxylic acids is 1. The van der Waals surface area contributed by atoms with Crippen molar-refractivity contribution in [3.8, 4) is 5.75 Å². The van der Waals surface area contributed by atoms with E-state index in [-0.39, 0.29) is 24.3 Å². The number of carbonyl (C=O) groups is 1. The van der Waals surface area contributed by atoms with Crippen LogP contribution in [0.3, 0.4) is 0 Å². The number of hydrogen-bond donors (Lipinski definition) is 2. The monoisotopic (exact) mass is 213 g/mol. The van der Waals surface area contributed by atoms with Gasteiger partial charge in [-0.3, -0.25) is 4.39 Å². The van der Waals surface area contributed by atoms with Gasteiger partial charge in [0.15, 0.2) is 0 Å². The van der Waals surface area contributed by atoms with Gasteiger partial charge in [0.2, 0.25) is 0 Å². The van der Waals surface area contributed by atoms with E-state index in [9.17, 15) is 9.18 Å². The van der Waals surface area contributed by atoms with E-state index in [1.165, 1.54) is 12.1 Å². The molecule has 0 aliphatic rings. The van der Waals surface area contributed by atoms with Crippen LogP contribution >= 0.6 is 0 Å². The minimum atomic E-state index is -1.11. The fourth-order valence-electron chi connectivity index (χ4n) is 1.05. The van der Waals surface area contributed by atoms with Crippen molar-refractivity contribution in [3.63, 3.8) is 0 Å². The lowest BCUT2D eigenvalue weighted by Gasteiger charge is -2.07. The summed E-state index contributed by atoms with van der Waals surface area (Å²) in [6, 6.07) is 4.34. The molecule has 1 aromatic rings. The molecule has 0 heterocycles. The van der Waals surface area contributed by atoms with E-state index in [0.717, 1.165) is 0 Å². The number of halogens is 1. The van der Waals surface area contributed by atoms with E-state index in [4.69, 9.17) is 15.6 Å². The summed E-state index contributed by atoms with van der Waals surface area (Å²) in [5.74, 6) is -0.724. The first-order valence-corrected chi connectivity index (χ1v) is 4.46. The smallest absolute Gasteiger partial charge is 0.337 e. The summed E-state index contributed by atoms with van der Waals surface area (Å²) in [4.78, 5) is 10.7. The Morgan fingerprint density at radius 3 is 2.87 bits per heavy atom. The van der Waals surface area contributed by atoms with E-state index < -0.39 is 12.6 Å². The molecule has 0 bridgehead atoms. The predicted octanol–water partition coefficient (Wildman–Crippen LogP) is 1.71. The zero-order chi connectivity index (χ0) is 11.3. The Labute approximate surface area is 86.5 Å². The predicted molar refractivity (Wildman–Crippen MR) is 53.9 cm³/mol. The highest BCUT2D eigenvalue weighted by Crippen LogP contribution is 2.19. The lowest BCUT2D eigenvalue weighted by atomic mass is 10.2. The fourth-order valence-corrected chi connectivity index (χ4v) is 1.05. The van der Waals surface area contributed by atoms with Crippen molar-refractivity contribution in [1.29, 1.82) is 0 Å². The van der Waals surface area contributed by atoms with Crippen LogP contribution in [0, 0.1) is 0 Å². The number of nitrogens with two attached hydrogens (primary N) is 1. The molecule has 1 aromatic carbocycles. The third-order valence-electron chi connectivity index (χ3n) is 1.80. The molecule has 0 aliphatic carbocycles. The molecule has 0 saturated heterocycles. The molecule has 0 radical (unpaired) electrons. The number of benzene rings is 1. The van der Waals surface area contributed by atoms with Gasteiger partial charge in [0.25, 0.3) is 0 Å². The van der Waals surface area contributed by atoms with Gasteiger partial charge in [-0.2, -0.15) is 0 Å². The van der Waals surface area contributed by atoms with Crippen molar-refractivity contribution in [1.82, 2.24) is 0 Å². The second-order valence-electron chi connectivity index (χ2n) is 2.95. The number of alkyl halides is 1. The molecule has 0 amide bonds. The molecule has 1 rings (SSSR count). The molecular formula is C10H12FNO3. The number of anilines is 1. The van der Waals surface area contributed by atoms with Gasteiger partial charge in [0.05, 0.1) is 18.8 Å². The van der Waals surface area contributed by atoms with Gasteiger partial charge >= 0.3 is 5.97 Å². The molecule has 0 saturated carbocycles. The normalized spacial score (nSPS) is 9.93. The Kier molecular flexibility index (Phi) is 3.91. The summed E-state index contributed by atoms with van der Waals surface area (Å²) in [6.07, 6.45) is 0.285. The zero-order valence-corrected chi connectivity index (χ0v) is 8.07. The molecular weight excluding hydrogens is 201 g/mol. The first-order valence-electron chi connectivity index (χ1n) is 4.46. The Morgan fingerprint density at radius 1 is 1.53 bits per heavy atom. The molecule has 0 unspecified atom stereocenters. The first kappa shape index (κ1) is 11.3. The summed E-state index contributed by atoms with van der Waals surface area (Å²) < 4.78 is 16.9. The second kappa shape index (κ2) is 5.19. The van der Waals surface area contributed by atoms with E-state index in [1.54, 1.807) is 6.07 Å². The number of rotatable bonds is 5. The number of carboxylic acids is 1. The van der Waals surface area contributed by atoms with Gasteiger partial charge in [-0.1, -0.05) is 0 Å². The van der Waals surface area contributed by atoms with Crippen molar-refractivity contribution in [3.05, 3.63) is 23.8 Å². The van der Waals surface area contributed by atoms with Gasteiger partial charge in [-0.15, -0.1) is 0 Å². The molecule has 0 fully saturated rings. The maximum atomic E-state index is 11.8. The summed E-state index contributed by atoms with van der Waals surface area (Å²) in [5, 5.41) is 8.77. The van der Waals surface area contributed by atoms with Gasteiger partial charge in [0, 0.05) is 12.1 Å². The number of nitrogen functional groups attached to an aromatic ring is 1. The average molecular weight is 213 g/mol. The van der Waals surface area contributed by atoms with Crippen molar-refractivity contribution in [2.24, 2.45) is 0 Å². The van der Waals surface area contributed by atoms with Crippen LogP contribution in [-0.4, -0.2) is 24.4 Å². The van der Waals surface area contributed by atoms with Crippen LogP contribution in [0.4, 0.5) is 10.1 Å². The molecule has 0 spiro atoms. The third kappa shape index (κ3) is 3.12. The summed E-state index contributed by atoms with van der Waals surface area (Å²) in [7, 11) is 0. The molecule has 0 atom stereocenters. The molecule has 4 nitrogen and oxygen atoms in total. The molecule has 3 N–H and O–H groups in total. The molecule has 5 heteroatoms. The molecule has 0 aromatic heterocycles. The highest BCUT2D eigenvalue weighted by atomic mass is 19.1. The minimum Gasteiger partial charge on any atom is -0.493 e. The Balaban J connectivity index is 2.74. The second-order valence-corrected chi connectivity index (χ2v) is 2.95. The largest absolute Gasteiger partial charge is 0.493 e. The Hall–Kier alpha value is -1.78. The Morgan fingerprint density at radius 2 is 2.27 bits per heavy atom. The van der Waals surface area contributed by atoms with E-state index in [0.29, 0.717) is 5.75 Å². The lowest BCUT2D eigenvalue weighted by Crippen LogP contribution is -2.04. The quantitative estimate of drug-likeness (QED) is 0.576. The zero-order valence-electron chi connectivity index (χ0n) is 8.07. The van der Waals surface area contributed by atoms with Crippen LogP contribution in [-0.2, 0) is 0 Å². The first-order chi connectivity index (χ1) is 7.15. The molecule has 0 aliphatic heterocycles.